The van der Waals surface area contributed by atoms with Gasteiger partial charge in [-0.2, -0.15) is 5.10 Å². The van der Waals surface area contributed by atoms with Crippen LogP contribution >= 0.6 is 0 Å². The number of carbonyl (C=O) groups is 2. The number of hydrazone groups is 1. The van der Waals surface area contributed by atoms with E-state index in [1.807, 2.05) is 31.2 Å². The molecule has 4 rings (SSSR count). The summed E-state index contributed by atoms with van der Waals surface area (Å²) in [6, 6.07) is 12.4. The molecule has 2 unspecified atom stereocenters. The average Bonchev–Trinajstić information content (AvgIpc) is 3.26. The highest BCUT2D eigenvalue weighted by molar-refractivity contribution is 5.96. The van der Waals surface area contributed by atoms with Crippen LogP contribution < -0.4 is 25.0 Å². The Morgan fingerprint density at radius 1 is 1.12 bits per heavy atom. The number of hydrazine groups is 1. The lowest BCUT2D eigenvalue weighted by atomic mass is 10.0. The molecule has 0 bridgehead atoms. The first-order chi connectivity index (χ1) is 16.0. The Labute approximate surface area is 192 Å². The fraction of sp³-hybridized carbons (Fsp3) is 0.348. The number of amides is 2. The SMILES string of the molecule is CCOc1ccc(C2CC3C(=O)N(CC(=O)Nc4cc(OC)cc(OC)c4)N=CN3N2)cc1. The molecule has 0 saturated carbocycles. The van der Waals surface area contributed by atoms with Crippen LogP contribution in [0.2, 0.25) is 0 Å². The summed E-state index contributed by atoms with van der Waals surface area (Å²) in [7, 11) is 3.06. The van der Waals surface area contributed by atoms with Crippen LogP contribution in [0, 0.1) is 0 Å². The highest BCUT2D eigenvalue weighted by Crippen LogP contribution is 2.30. The second-order valence-corrected chi connectivity index (χ2v) is 7.62. The monoisotopic (exact) mass is 453 g/mol. The second-order valence-electron chi connectivity index (χ2n) is 7.62. The van der Waals surface area contributed by atoms with E-state index in [2.05, 4.69) is 15.8 Å². The first-order valence-electron chi connectivity index (χ1n) is 10.7. The molecule has 2 N–H and O–H groups in total. The van der Waals surface area contributed by atoms with E-state index in [-0.39, 0.29) is 24.4 Å². The van der Waals surface area contributed by atoms with Crippen molar-refractivity contribution in [3.63, 3.8) is 0 Å². The molecule has 2 aromatic rings. The van der Waals surface area contributed by atoms with Crippen LogP contribution in [0.1, 0.15) is 24.9 Å². The van der Waals surface area contributed by atoms with Gasteiger partial charge >= 0.3 is 0 Å². The van der Waals surface area contributed by atoms with E-state index < -0.39 is 6.04 Å². The first kappa shape index (κ1) is 22.4. The van der Waals surface area contributed by atoms with Gasteiger partial charge in [-0.15, -0.1) is 0 Å². The molecule has 2 heterocycles. The minimum atomic E-state index is -0.441. The van der Waals surface area contributed by atoms with E-state index in [0.717, 1.165) is 11.3 Å². The van der Waals surface area contributed by atoms with E-state index in [9.17, 15) is 9.59 Å². The van der Waals surface area contributed by atoms with Gasteiger partial charge in [0, 0.05) is 23.9 Å². The predicted octanol–water partition coefficient (Wildman–Crippen LogP) is 2.15. The van der Waals surface area contributed by atoms with Crippen molar-refractivity contribution in [2.45, 2.75) is 25.4 Å². The smallest absolute Gasteiger partial charge is 0.267 e. The lowest BCUT2D eigenvalue weighted by Crippen LogP contribution is -2.52. The second kappa shape index (κ2) is 9.78. The molecule has 2 aliphatic heterocycles. The lowest BCUT2D eigenvalue weighted by Gasteiger charge is -2.29. The number of nitrogens with one attached hydrogen (secondary N) is 2. The van der Waals surface area contributed by atoms with Crippen LogP contribution in [0.5, 0.6) is 17.2 Å². The minimum absolute atomic E-state index is 0.0425. The number of hydrogen-bond donors (Lipinski definition) is 2. The molecule has 33 heavy (non-hydrogen) atoms. The molecule has 10 heteroatoms. The van der Waals surface area contributed by atoms with Crippen molar-refractivity contribution in [1.29, 1.82) is 0 Å². The van der Waals surface area contributed by atoms with Gasteiger partial charge in [0.15, 0.2) is 0 Å². The van der Waals surface area contributed by atoms with E-state index in [1.54, 1.807) is 29.5 Å². The van der Waals surface area contributed by atoms with Gasteiger partial charge in [-0.25, -0.2) is 10.4 Å². The van der Waals surface area contributed by atoms with Crippen LogP contribution in [-0.2, 0) is 9.59 Å². The molecule has 1 fully saturated rings. The van der Waals surface area contributed by atoms with Crippen molar-refractivity contribution in [3.8, 4) is 17.2 Å². The van der Waals surface area contributed by atoms with E-state index >= 15 is 0 Å². The Hall–Kier alpha value is -3.79. The molecule has 0 radical (unpaired) electrons. The number of rotatable bonds is 8. The lowest BCUT2D eigenvalue weighted by molar-refractivity contribution is -0.139. The summed E-state index contributed by atoms with van der Waals surface area (Å²) in [5.74, 6) is 1.28. The molecule has 10 nitrogen and oxygen atoms in total. The number of fused-ring (bicyclic) bond motifs is 1. The van der Waals surface area contributed by atoms with Crippen molar-refractivity contribution in [3.05, 3.63) is 48.0 Å². The fourth-order valence-electron chi connectivity index (χ4n) is 3.85. The standard InChI is InChI=1S/C23H27N5O5/c1-4-33-17-7-5-15(6-8-17)20-12-21-23(30)27(24-14-28(21)26-20)13-22(29)25-16-9-18(31-2)11-19(10-16)32-3/h5-11,14,20-21,26H,4,12-13H2,1-3H3,(H,25,29). The molecule has 174 valence electrons. The number of nitrogens with zero attached hydrogens (tertiary/aromatic N) is 3. The van der Waals surface area contributed by atoms with Crippen LogP contribution in [-0.4, -0.2) is 61.6 Å². The Morgan fingerprint density at radius 3 is 2.45 bits per heavy atom. The van der Waals surface area contributed by atoms with E-state index in [1.165, 1.54) is 19.2 Å². The Morgan fingerprint density at radius 2 is 1.82 bits per heavy atom. The van der Waals surface area contributed by atoms with Gasteiger partial charge in [-0.05, 0) is 31.0 Å². The molecular weight excluding hydrogens is 426 g/mol. The maximum absolute atomic E-state index is 13.0. The summed E-state index contributed by atoms with van der Waals surface area (Å²) in [5.41, 5.74) is 4.85. The van der Waals surface area contributed by atoms with Gasteiger partial charge in [-0.1, -0.05) is 12.1 Å². The number of anilines is 1. The molecule has 0 aromatic heterocycles. The van der Waals surface area contributed by atoms with Crippen LogP contribution in [0.4, 0.5) is 5.69 Å². The third kappa shape index (κ3) is 5.01. The van der Waals surface area contributed by atoms with Crippen molar-refractivity contribution in [2.24, 2.45) is 5.10 Å². The number of hydrogen-bond acceptors (Lipinski definition) is 8. The van der Waals surface area contributed by atoms with Crippen molar-refractivity contribution < 1.29 is 23.8 Å². The molecule has 0 aliphatic carbocycles. The maximum Gasteiger partial charge on any atom is 0.267 e. The van der Waals surface area contributed by atoms with Crippen LogP contribution in [0.15, 0.2) is 47.6 Å². The van der Waals surface area contributed by atoms with Crippen molar-refractivity contribution in [1.82, 2.24) is 15.4 Å². The fourth-order valence-corrected chi connectivity index (χ4v) is 3.85. The Balaban J connectivity index is 1.38. The number of carbonyl (C=O) groups excluding carboxylic acids is 2. The Bertz CT molecular complexity index is 1020. The van der Waals surface area contributed by atoms with Gasteiger partial charge in [0.05, 0.1) is 26.9 Å². The largest absolute Gasteiger partial charge is 0.497 e. The predicted molar refractivity (Wildman–Crippen MR) is 122 cm³/mol. The Kier molecular flexibility index (Phi) is 6.64. The molecule has 2 aliphatic rings. The molecule has 2 amide bonds. The summed E-state index contributed by atoms with van der Waals surface area (Å²) < 4.78 is 15.9. The van der Waals surface area contributed by atoms with Crippen LogP contribution in [0.3, 0.4) is 0 Å². The average molecular weight is 453 g/mol. The molecular formula is C23H27N5O5. The molecule has 0 spiro atoms. The quantitative estimate of drug-likeness (QED) is 0.631. The highest BCUT2D eigenvalue weighted by atomic mass is 16.5. The summed E-state index contributed by atoms with van der Waals surface area (Å²) in [5, 5.41) is 9.81. The zero-order chi connectivity index (χ0) is 23.4. The van der Waals surface area contributed by atoms with Gasteiger partial charge in [0.25, 0.3) is 5.91 Å². The third-order valence-corrected chi connectivity index (χ3v) is 5.48. The summed E-state index contributed by atoms with van der Waals surface area (Å²) >= 11 is 0. The topological polar surface area (TPSA) is 105 Å². The van der Waals surface area contributed by atoms with Crippen LogP contribution in [0.25, 0.3) is 0 Å². The molecule has 2 atom stereocenters. The number of methoxy groups -OCH3 is 2. The highest BCUT2D eigenvalue weighted by Gasteiger charge is 2.41. The van der Waals surface area contributed by atoms with E-state index in [4.69, 9.17) is 14.2 Å². The molecule has 2 aromatic carbocycles. The van der Waals surface area contributed by atoms with Crippen molar-refractivity contribution >= 4 is 23.8 Å². The van der Waals surface area contributed by atoms with Gasteiger partial charge in [-0.3, -0.25) is 14.6 Å². The zero-order valence-corrected chi connectivity index (χ0v) is 18.8. The molecule has 1 saturated heterocycles. The first-order valence-corrected chi connectivity index (χ1v) is 10.7. The number of benzene rings is 2. The summed E-state index contributed by atoms with van der Waals surface area (Å²) in [4.78, 5) is 25.6. The van der Waals surface area contributed by atoms with Gasteiger partial charge in [0.2, 0.25) is 5.91 Å². The summed E-state index contributed by atoms with van der Waals surface area (Å²) in [6.45, 7) is 2.35. The third-order valence-electron chi connectivity index (χ3n) is 5.48. The normalized spacial score (nSPS) is 19.3. The van der Waals surface area contributed by atoms with Gasteiger partial charge in [0.1, 0.15) is 36.2 Å². The van der Waals surface area contributed by atoms with Gasteiger partial charge < -0.3 is 19.5 Å². The summed E-state index contributed by atoms with van der Waals surface area (Å²) in [6.07, 6.45) is 2.10. The maximum atomic E-state index is 13.0. The van der Waals surface area contributed by atoms with Crippen molar-refractivity contribution in [2.75, 3.05) is 32.7 Å². The zero-order valence-electron chi connectivity index (χ0n) is 18.8. The van der Waals surface area contributed by atoms with E-state index in [0.29, 0.717) is 30.2 Å². The number of ether oxygens (including phenoxy) is 3. The minimum Gasteiger partial charge on any atom is -0.497 e.